The summed E-state index contributed by atoms with van der Waals surface area (Å²) in [6.07, 6.45) is 0.550. The maximum Gasteiger partial charge on any atom is 0.337 e. The van der Waals surface area contributed by atoms with E-state index in [0.29, 0.717) is 24.1 Å². The molecule has 0 fully saturated rings. The molecule has 11 heteroatoms. The van der Waals surface area contributed by atoms with Crippen LogP contribution in [0.15, 0.2) is 77.7 Å². The number of ether oxygens (including phenoxy) is 1. The first-order valence-corrected chi connectivity index (χ1v) is 11.5. The minimum absolute atomic E-state index is 0.203. The van der Waals surface area contributed by atoms with Crippen molar-refractivity contribution < 1.29 is 27.7 Å². The summed E-state index contributed by atoms with van der Waals surface area (Å²) >= 11 is 0. The molecule has 0 aliphatic heterocycles. The second-order valence-electron chi connectivity index (χ2n) is 7.13. The Labute approximate surface area is 195 Å². The van der Waals surface area contributed by atoms with Crippen molar-refractivity contribution in [3.05, 3.63) is 99.6 Å². The second kappa shape index (κ2) is 10.6. The highest BCUT2D eigenvalue weighted by Gasteiger charge is 2.18. The molecule has 2 N–H and O–H groups in total. The molecule has 0 saturated heterocycles. The number of carbonyl (C=O) groups excluding carboxylic acids is 2. The van der Waals surface area contributed by atoms with Crippen molar-refractivity contribution in [2.75, 3.05) is 18.4 Å². The summed E-state index contributed by atoms with van der Waals surface area (Å²) < 4.78 is 32.0. The molecule has 0 aliphatic rings. The number of nitrogens with one attached hydrogen (secondary N) is 2. The Morgan fingerprint density at radius 1 is 0.971 bits per heavy atom. The first-order valence-electron chi connectivity index (χ1n) is 10.0. The quantitative estimate of drug-likeness (QED) is 0.270. The van der Waals surface area contributed by atoms with Gasteiger partial charge in [0.15, 0.2) is 0 Å². The normalized spacial score (nSPS) is 10.9. The third-order valence-corrected chi connectivity index (χ3v) is 6.19. The lowest BCUT2D eigenvalue weighted by Crippen LogP contribution is -2.25. The fourth-order valence-corrected chi connectivity index (χ4v) is 4.11. The molecular formula is C23H21N3O7S. The Morgan fingerprint density at radius 2 is 1.62 bits per heavy atom. The van der Waals surface area contributed by atoms with E-state index < -0.39 is 20.9 Å². The summed E-state index contributed by atoms with van der Waals surface area (Å²) in [5, 5.41) is 13.7. The minimum Gasteiger partial charge on any atom is -0.465 e. The lowest BCUT2D eigenvalue weighted by Gasteiger charge is -2.09. The highest BCUT2D eigenvalue weighted by atomic mass is 32.2. The van der Waals surface area contributed by atoms with E-state index in [1.165, 1.54) is 49.6 Å². The topological polar surface area (TPSA) is 145 Å². The summed E-state index contributed by atoms with van der Waals surface area (Å²) in [7, 11) is -2.73. The monoisotopic (exact) mass is 483 g/mol. The van der Waals surface area contributed by atoms with Crippen LogP contribution in [0.4, 0.5) is 11.4 Å². The standard InChI is InChI=1S/C23H21N3O7S/c1-33-23(28)18-7-5-16(6-8-18)13-14-24-22(27)17-9-11-19(12-10-17)25-34(31,32)21-4-2-3-20(15-21)26(29)30/h2-12,15,25H,13-14H2,1H3,(H,24,27). The van der Waals surface area contributed by atoms with Crippen LogP contribution in [0.2, 0.25) is 0 Å². The van der Waals surface area contributed by atoms with Crippen molar-refractivity contribution in [2.45, 2.75) is 11.3 Å². The van der Waals surface area contributed by atoms with Gasteiger partial charge in [0.05, 0.1) is 22.5 Å². The summed E-state index contributed by atoms with van der Waals surface area (Å²) in [5.74, 6) is -0.755. The molecule has 3 aromatic rings. The number of nitrogens with zero attached hydrogens (tertiary/aromatic N) is 1. The molecule has 0 aromatic heterocycles. The number of hydrogen-bond donors (Lipinski definition) is 2. The van der Waals surface area contributed by atoms with Crippen molar-refractivity contribution in [2.24, 2.45) is 0 Å². The average Bonchev–Trinajstić information content (AvgIpc) is 2.84. The third-order valence-electron chi connectivity index (χ3n) is 4.81. The Balaban J connectivity index is 1.56. The minimum atomic E-state index is -4.04. The zero-order valence-corrected chi connectivity index (χ0v) is 18.9. The fourth-order valence-electron chi connectivity index (χ4n) is 3.02. The summed E-state index contributed by atoms with van der Waals surface area (Å²) in [6.45, 7) is 0.359. The smallest absolute Gasteiger partial charge is 0.337 e. The Hall–Kier alpha value is -4.25. The van der Waals surface area contributed by atoms with Crippen molar-refractivity contribution in [3.63, 3.8) is 0 Å². The van der Waals surface area contributed by atoms with E-state index in [2.05, 4.69) is 14.8 Å². The molecular weight excluding hydrogens is 462 g/mol. The van der Waals surface area contributed by atoms with Crippen LogP contribution >= 0.6 is 0 Å². The van der Waals surface area contributed by atoms with E-state index in [4.69, 9.17) is 0 Å². The van der Waals surface area contributed by atoms with Gasteiger partial charge in [0.25, 0.3) is 21.6 Å². The maximum absolute atomic E-state index is 12.5. The van der Waals surface area contributed by atoms with Gasteiger partial charge in [-0.2, -0.15) is 0 Å². The second-order valence-corrected chi connectivity index (χ2v) is 8.81. The van der Waals surface area contributed by atoms with Gasteiger partial charge in [-0.25, -0.2) is 13.2 Å². The van der Waals surface area contributed by atoms with Crippen LogP contribution in [0, 0.1) is 10.1 Å². The van der Waals surface area contributed by atoms with Gasteiger partial charge in [-0.15, -0.1) is 0 Å². The van der Waals surface area contributed by atoms with Gasteiger partial charge in [-0.1, -0.05) is 18.2 Å². The van der Waals surface area contributed by atoms with Crippen LogP contribution in [0.25, 0.3) is 0 Å². The number of anilines is 1. The zero-order chi connectivity index (χ0) is 24.7. The van der Waals surface area contributed by atoms with E-state index in [1.54, 1.807) is 24.3 Å². The van der Waals surface area contributed by atoms with E-state index in [-0.39, 0.29) is 22.2 Å². The summed E-state index contributed by atoms with van der Waals surface area (Å²) in [6, 6.07) is 17.3. The van der Waals surface area contributed by atoms with Gasteiger partial charge >= 0.3 is 5.97 Å². The van der Waals surface area contributed by atoms with E-state index >= 15 is 0 Å². The number of rotatable bonds is 9. The van der Waals surface area contributed by atoms with E-state index in [0.717, 1.165) is 11.6 Å². The van der Waals surface area contributed by atoms with Gasteiger partial charge in [0, 0.05) is 29.9 Å². The molecule has 3 aromatic carbocycles. The number of esters is 1. The lowest BCUT2D eigenvalue weighted by atomic mass is 10.1. The molecule has 10 nitrogen and oxygen atoms in total. The Bertz CT molecular complexity index is 1310. The molecule has 0 unspecified atom stereocenters. The predicted molar refractivity (Wildman–Crippen MR) is 124 cm³/mol. The van der Waals surface area contributed by atoms with Crippen LogP contribution in [0.1, 0.15) is 26.3 Å². The number of benzene rings is 3. The third kappa shape index (κ3) is 6.17. The molecule has 3 rings (SSSR count). The predicted octanol–water partition coefficient (Wildman–Crippen LogP) is 3.15. The molecule has 0 bridgehead atoms. The molecule has 176 valence electrons. The molecule has 34 heavy (non-hydrogen) atoms. The van der Waals surface area contributed by atoms with Gasteiger partial charge in [0.2, 0.25) is 0 Å². The molecule has 0 spiro atoms. The Kier molecular flexibility index (Phi) is 7.59. The van der Waals surface area contributed by atoms with E-state index in [9.17, 15) is 28.1 Å². The van der Waals surface area contributed by atoms with Gasteiger partial charge in [-0.3, -0.25) is 19.6 Å². The number of hydrogen-bond acceptors (Lipinski definition) is 7. The number of non-ortho nitro benzene ring substituents is 1. The molecule has 0 atom stereocenters. The molecule has 0 saturated carbocycles. The highest BCUT2D eigenvalue weighted by Crippen LogP contribution is 2.20. The number of sulfonamides is 1. The summed E-state index contributed by atoms with van der Waals surface area (Å²) in [5.41, 5.74) is 1.57. The van der Waals surface area contributed by atoms with E-state index in [1.807, 2.05) is 0 Å². The van der Waals surface area contributed by atoms with Crippen molar-refractivity contribution >= 4 is 33.3 Å². The van der Waals surface area contributed by atoms with Gasteiger partial charge in [0.1, 0.15) is 0 Å². The van der Waals surface area contributed by atoms with Crippen molar-refractivity contribution in [3.8, 4) is 0 Å². The zero-order valence-electron chi connectivity index (χ0n) is 18.1. The van der Waals surface area contributed by atoms with Crippen LogP contribution in [-0.2, 0) is 21.2 Å². The van der Waals surface area contributed by atoms with Crippen molar-refractivity contribution in [1.29, 1.82) is 0 Å². The lowest BCUT2D eigenvalue weighted by molar-refractivity contribution is -0.385. The number of nitro groups is 1. The molecule has 1 amide bonds. The highest BCUT2D eigenvalue weighted by molar-refractivity contribution is 7.92. The van der Waals surface area contributed by atoms with Crippen LogP contribution < -0.4 is 10.0 Å². The largest absolute Gasteiger partial charge is 0.465 e. The van der Waals surface area contributed by atoms with Crippen LogP contribution in [-0.4, -0.2) is 38.9 Å². The Morgan fingerprint density at radius 3 is 2.24 bits per heavy atom. The average molecular weight is 484 g/mol. The van der Waals surface area contributed by atoms with Gasteiger partial charge < -0.3 is 10.1 Å². The molecule has 0 heterocycles. The molecule has 0 aliphatic carbocycles. The number of methoxy groups -OCH3 is 1. The number of carbonyl (C=O) groups is 2. The first-order chi connectivity index (χ1) is 16.2. The number of amides is 1. The fraction of sp³-hybridized carbons (Fsp3) is 0.130. The molecule has 0 radical (unpaired) electrons. The van der Waals surface area contributed by atoms with Crippen molar-refractivity contribution in [1.82, 2.24) is 5.32 Å². The van der Waals surface area contributed by atoms with Gasteiger partial charge in [-0.05, 0) is 54.4 Å². The SMILES string of the molecule is COC(=O)c1ccc(CCNC(=O)c2ccc(NS(=O)(=O)c3cccc([N+](=O)[O-])c3)cc2)cc1. The van der Waals surface area contributed by atoms with Crippen LogP contribution in [0.3, 0.4) is 0 Å². The summed E-state index contributed by atoms with van der Waals surface area (Å²) in [4.78, 5) is 33.8. The van der Waals surface area contributed by atoms with Crippen LogP contribution in [0.5, 0.6) is 0 Å². The first kappa shape index (κ1) is 24.4. The number of nitro benzene ring substituents is 1. The maximum atomic E-state index is 12.5.